The van der Waals surface area contributed by atoms with Crippen LogP contribution in [0.2, 0.25) is 0 Å². The number of nitrogens with zero attached hydrogens (tertiary/aromatic N) is 1. The lowest BCUT2D eigenvalue weighted by atomic mass is 10.6. The first kappa shape index (κ1) is 6.88. The van der Waals surface area contributed by atoms with Crippen molar-refractivity contribution in [2.45, 2.75) is 0 Å². The molecule has 0 unspecified atom stereocenters. The molecule has 1 heterocycles. The minimum absolute atomic E-state index is 0.0833. The summed E-state index contributed by atoms with van der Waals surface area (Å²) in [6.07, 6.45) is 0. The molecule has 0 aliphatic rings. The largest absolute Gasteiger partial charge is 0.494 e. The monoisotopic (exact) mass is 158 g/mol. The third-order valence-corrected chi connectivity index (χ3v) is 1.24. The van der Waals surface area contributed by atoms with E-state index in [-0.39, 0.29) is 16.9 Å². The average molecular weight is 158 g/mol. The SMILES string of the molecule is NC(=S)n1c(O)ccc1O. The summed E-state index contributed by atoms with van der Waals surface area (Å²) in [6, 6.07) is 2.60. The van der Waals surface area contributed by atoms with Crippen LogP contribution in [0, 0.1) is 0 Å². The van der Waals surface area contributed by atoms with Gasteiger partial charge in [0.2, 0.25) is 0 Å². The highest BCUT2D eigenvalue weighted by Gasteiger charge is 2.06. The number of hydrogen-bond donors (Lipinski definition) is 3. The van der Waals surface area contributed by atoms with Crippen molar-refractivity contribution < 1.29 is 10.2 Å². The molecule has 5 heteroatoms. The second kappa shape index (κ2) is 2.18. The average Bonchev–Trinajstić information content (AvgIpc) is 2.11. The van der Waals surface area contributed by atoms with Gasteiger partial charge in [0.05, 0.1) is 0 Å². The fourth-order valence-electron chi connectivity index (χ4n) is 0.641. The van der Waals surface area contributed by atoms with E-state index in [1.807, 2.05) is 0 Å². The van der Waals surface area contributed by atoms with Crippen LogP contribution in [0.25, 0.3) is 0 Å². The van der Waals surface area contributed by atoms with Gasteiger partial charge in [-0.15, -0.1) is 0 Å². The Balaban J connectivity index is 3.23. The molecule has 4 N–H and O–H groups in total. The zero-order valence-corrected chi connectivity index (χ0v) is 5.80. The Labute approximate surface area is 62.5 Å². The number of aromatic hydroxyl groups is 2. The van der Waals surface area contributed by atoms with Crippen molar-refractivity contribution in [3.8, 4) is 11.8 Å². The van der Waals surface area contributed by atoms with Crippen LogP contribution in [-0.2, 0) is 0 Å². The van der Waals surface area contributed by atoms with E-state index >= 15 is 0 Å². The smallest absolute Gasteiger partial charge is 0.200 e. The molecule has 0 radical (unpaired) electrons. The Bertz CT molecular complexity index is 249. The van der Waals surface area contributed by atoms with Crippen molar-refractivity contribution in [3.05, 3.63) is 12.1 Å². The molecule has 1 aromatic heterocycles. The van der Waals surface area contributed by atoms with Crippen LogP contribution < -0.4 is 5.73 Å². The molecular formula is C5H6N2O2S. The number of thiocarbonyl (C=S) groups is 1. The van der Waals surface area contributed by atoms with E-state index in [1.165, 1.54) is 12.1 Å². The number of rotatable bonds is 0. The minimum Gasteiger partial charge on any atom is -0.494 e. The van der Waals surface area contributed by atoms with Crippen molar-refractivity contribution in [1.82, 2.24) is 4.57 Å². The third-order valence-electron chi connectivity index (χ3n) is 1.06. The van der Waals surface area contributed by atoms with Crippen LogP contribution in [-0.4, -0.2) is 19.9 Å². The Kier molecular flexibility index (Phi) is 1.50. The van der Waals surface area contributed by atoms with E-state index < -0.39 is 0 Å². The molecular weight excluding hydrogens is 152 g/mol. The van der Waals surface area contributed by atoms with Gasteiger partial charge in [0.25, 0.3) is 0 Å². The van der Waals surface area contributed by atoms with Gasteiger partial charge in [-0.3, -0.25) is 0 Å². The zero-order chi connectivity index (χ0) is 7.72. The summed E-state index contributed by atoms with van der Waals surface area (Å²) >= 11 is 4.51. The van der Waals surface area contributed by atoms with Gasteiger partial charge in [-0.2, -0.15) is 0 Å². The molecule has 0 atom stereocenters. The highest BCUT2D eigenvalue weighted by molar-refractivity contribution is 7.80. The number of nitrogens with two attached hydrogens (primary N) is 1. The van der Waals surface area contributed by atoms with Gasteiger partial charge in [-0.05, 0) is 12.2 Å². The van der Waals surface area contributed by atoms with Crippen LogP contribution >= 0.6 is 12.2 Å². The van der Waals surface area contributed by atoms with Gasteiger partial charge < -0.3 is 15.9 Å². The molecule has 0 aliphatic heterocycles. The van der Waals surface area contributed by atoms with Crippen LogP contribution in [0.5, 0.6) is 11.8 Å². The first-order valence-electron chi connectivity index (χ1n) is 2.52. The van der Waals surface area contributed by atoms with Crippen molar-refractivity contribution in [3.63, 3.8) is 0 Å². The van der Waals surface area contributed by atoms with Gasteiger partial charge in [-0.1, -0.05) is 0 Å². The maximum absolute atomic E-state index is 8.94. The second-order valence-electron chi connectivity index (χ2n) is 1.72. The normalized spacial score (nSPS) is 9.60. The summed E-state index contributed by atoms with van der Waals surface area (Å²) in [5.41, 5.74) is 5.13. The lowest BCUT2D eigenvalue weighted by Crippen LogP contribution is -2.17. The molecule has 10 heavy (non-hydrogen) atoms. The van der Waals surface area contributed by atoms with Crippen molar-refractivity contribution in [2.75, 3.05) is 0 Å². The third kappa shape index (κ3) is 0.906. The van der Waals surface area contributed by atoms with Gasteiger partial charge in [0.15, 0.2) is 16.9 Å². The summed E-state index contributed by atoms with van der Waals surface area (Å²) in [6.45, 7) is 0. The second-order valence-corrected chi connectivity index (χ2v) is 2.14. The summed E-state index contributed by atoms with van der Waals surface area (Å²) in [4.78, 5) is 0. The molecule has 0 bridgehead atoms. The molecule has 0 aliphatic carbocycles. The van der Waals surface area contributed by atoms with Crippen LogP contribution in [0.1, 0.15) is 0 Å². The van der Waals surface area contributed by atoms with E-state index in [1.54, 1.807) is 0 Å². The van der Waals surface area contributed by atoms with E-state index in [0.29, 0.717) is 0 Å². The molecule has 0 amide bonds. The topological polar surface area (TPSA) is 71.4 Å². The zero-order valence-electron chi connectivity index (χ0n) is 4.98. The first-order chi connectivity index (χ1) is 4.63. The maximum atomic E-state index is 8.94. The quantitative estimate of drug-likeness (QED) is 0.464. The Hall–Kier alpha value is -1.23. The molecule has 1 rings (SSSR count). The number of aromatic nitrogens is 1. The Morgan fingerprint density at radius 3 is 2.00 bits per heavy atom. The highest BCUT2D eigenvalue weighted by atomic mass is 32.1. The predicted molar refractivity (Wildman–Crippen MR) is 39.9 cm³/mol. The summed E-state index contributed by atoms with van der Waals surface area (Å²) in [7, 11) is 0. The minimum atomic E-state index is -0.162. The molecule has 0 fully saturated rings. The van der Waals surface area contributed by atoms with Gasteiger partial charge in [-0.25, -0.2) is 4.57 Å². The fourth-order valence-corrected chi connectivity index (χ4v) is 0.828. The van der Waals surface area contributed by atoms with Crippen molar-refractivity contribution in [2.24, 2.45) is 5.73 Å². The molecule has 54 valence electrons. The molecule has 0 spiro atoms. The molecule has 0 aromatic carbocycles. The molecule has 0 saturated carbocycles. The predicted octanol–water partition coefficient (Wildman–Crippen LogP) is -0.00900. The lowest BCUT2D eigenvalue weighted by Gasteiger charge is -2.00. The van der Waals surface area contributed by atoms with E-state index in [2.05, 4.69) is 12.2 Å². The number of hydrogen-bond acceptors (Lipinski definition) is 3. The lowest BCUT2D eigenvalue weighted by molar-refractivity contribution is 0.409. The summed E-state index contributed by atoms with van der Waals surface area (Å²) in [5, 5.41) is 17.8. The van der Waals surface area contributed by atoms with Gasteiger partial charge >= 0.3 is 0 Å². The van der Waals surface area contributed by atoms with Crippen molar-refractivity contribution in [1.29, 1.82) is 0 Å². The summed E-state index contributed by atoms with van der Waals surface area (Å²) in [5.74, 6) is -0.324. The maximum Gasteiger partial charge on any atom is 0.200 e. The van der Waals surface area contributed by atoms with Crippen LogP contribution in [0.3, 0.4) is 0 Å². The Morgan fingerprint density at radius 1 is 1.40 bits per heavy atom. The highest BCUT2D eigenvalue weighted by Crippen LogP contribution is 2.19. The summed E-state index contributed by atoms with van der Waals surface area (Å²) < 4.78 is 0.954. The van der Waals surface area contributed by atoms with E-state index in [4.69, 9.17) is 15.9 Å². The van der Waals surface area contributed by atoms with Gasteiger partial charge in [0.1, 0.15) is 0 Å². The fraction of sp³-hybridized carbons (Fsp3) is 0. The van der Waals surface area contributed by atoms with E-state index in [9.17, 15) is 0 Å². The molecule has 4 nitrogen and oxygen atoms in total. The standard InChI is InChI=1S/C5H6N2O2S/c6-5(10)7-3(8)1-2-4(7)9/h1-2,8-9H,(H2,6,10). The van der Waals surface area contributed by atoms with E-state index in [0.717, 1.165) is 4.57 Å². The molecule has 1 aromatic rings. The van der Waals surface area contributed by atoms with Crippen molar-refractivity contribution >= 4 is 17.3 Å². The Morgan fingerprint density at radius 2 is 1.80 bits per heavy atom. The van der Waals surface area contributed by atoms with Crippen LogP contribution in [0.4, 0.5) is 0 Å². The van der Waals surface area contributed by atoms with Gasteiger partial charge in [0, 0.05) is 12.1 Å². The first-order valence-corrected chi connectivity index (χ1v) is 2.93. The van der Waals surface area contributed by atoms with Crippen LogP contribution in [0.15, 0.2) is 12.1 Å². The molecule has 0 saturated heterocycles.